The lowest BCUT2D eigenvalue weighted by Gasteiger charge is -2.01. The molecule has 0 bridgehead atoms. The number of carboxylic acid groups (broad SMARTS) is 1. The Morgan fingerprint density at radius 1 is 1.40 bits per heavy atom. The minimum atomic E-state index is -0.947. The topological polar surface area (TPSA) is 68.7 Å². The summed E-state index contributed by atoms with van der Waals surface area (Å²) >= 11 is 1.24. The number of rotatable bonds is 4. The number of carboxylic acids is 1. The molecule has 1 aliphatic heterocycles. The average Bonchev–Trinajstić information content (AvgIpc) is 3.04. The largest absolute Gasteiger partial charge is 0.477 e. The van der Waals surface area contributed by atoms with Crippen LogP contribution in [0, 0.1) is 0 Å². The van der Waals surface area contributed by atoms with Gasteiger partial charge in [-0.1, -0.05) is 6.92 Å². The van der Waals surface area contributed by atoms with E-state index in [-0.39, 0.29) is 11.7 Å². The fraction of sp³-hybridized carbons (Fsp3) is 0.286. The third-order valence-corrected chi connectivity index (χ3v) is 4.08. The van der Waals surface area contributed by atoms with Gasteiger partial charge in [0.05, 0.1) is 10.7 Å². The number of carbonyl (C=O) groups is 1. The van der Waals surface area contributed by atoms with Crippen molar-refractivity contribution in [3.8, 4) is 22.8 Å². The number of fused-ring (bicyclic) bond motifs is 1. The van der Waals surface area contributed by atoms with E-state index in [2.05, 4.69) is 4.98 Å². The second-order valence-electron chi connectivity index (χ2n) is 4.41. The number of aromatic nitrogens is 1. The molecule has 1 aromatic heterocycles. The molecule has 6 heteroatoms. The Bertz CT molecular complexity index is 665. The average molecular weight is 291 g/mol. The minimum absolute atomic E-state index is 0.197. The molecular weight excluding hydrogens is 278 g/mol. The number of benzene rings is 1. The summed E-state index contributed by atoms with van der Waals surface area (Å²) in [6.45, 7) is 2.24. The number of ether oxygens (including phenoxy) is 2. The van der Waals surface area contributed by atoms with Crippen molar-refractivity contribution in [2.24, 2.45) is 0 Å². The van der Waals surface area contributed by atoms with E-state index in [0.29, 0.717) is 17.2 Å². The van der Waals surface area contributed by atoms with Gasteiger partial charge < -0.3 is 14.6 Å². The van der Waals surface area contributed by atoms with Gasteiger partial charge >= 0.3 is 5.97 Å². The number of aromatic carboxylic acids is 1. The lowest BCUT2D eigenvalue weighted by atomic mass is 10.1. The summed E-state index contributed by atoms with van der Waals surface area (Å²) in [5.74, 6) is 0.357. The fourth-order valence-electron chi connectivity index (χ4n) is 2.07. The Morgan fingerprint density at radius 2 is 2.20 bits per heavy atom. The monoisotopic (exact) mass is 291 g/mol. The number of aryl methyl sites for hydroxylation is 1. The van der Waals surface area contributed by atoms with E-state index in [4.69, 9.17) is 9.47 Å². The Morgan fingerprint density at radius 3 is 2.95 bits per heavy atom. The highest BCUT2D eigenvalue weighted by Gasteiger charge is 2.21. The van der Waals surface area contributed by atoms with Gasteiger partial charge in [0, 0.05) is 5.56 Å². The zero-order valence-electron chi connectivity index (χ0n) is 10.9. The highest BCUT2D eigenvalue weighted by atomic mass is 32.1. The van der Waals surface area contributed by atoms with Crippen molar-refractivity contribution in [2.45, 2.75) is 19.8 Å². The Kier molecular flexibility index (Phi) is 3.31. The van der Waals surface area contributed by atoms with Gasteiger partial charge in [-0.3, -0.25) is 0 Å². The molecule has 5 nitrogen and oxygen atoms in total. The van der Waals surface area contributed by atoms with Crippen molar-refractivity contribution in [1.29, 1.82) is 0 Å². The Labute approximate surface area is 119 Å². The standard InChI is InChI=1S/C14H13NO4S/c1-2-3-11-15-12(13(20-11)14(16)17)8-4-5-9-10(6-8)19-7-18-9/h4-6H,2-3,7H2,1H3,(H,16,17). The van der Waals surface area contributed by atoms with Crippen molar-refractivity contribution in [3.05, 3.63) is 28.1 Å². The molecule has 0 amide bonds. The molecule has 1 aromatic carbocycles. The molecule has 0 spiro atoms. The first-order chi connectivity index (χ1) is 9.69. The molecule has 0 radical (unpaired) electrons. The summed E-state index contributed by atoms with van der Waals surface area (Å²) < 4.78 is 10.6. The predicted octanol–water partition coefficient (Wildman–Crippen LogP) is 3.19. The highest BCUT2D eigenvalue weighted by molar-refractivity contribution is 7.14. The summed E-state index contributed by atoms with van der Waals surface area (Å²) in [4.78, 5) is 16.1. The number of nitrogens with zero attached hydrogens (tertiary/aromatic N) is 1. The second kappa shape index (κ2) is 5.13. The van der Waals surface area contributed by atoms with E-state index in [0.717, 1.165) is 23.4 Å². The van der Waals surface area contributed by atoms with Crippen LogP contribution in [0.4, 0.5) is 0 Å². The summed E-state index contributed by atoms with van der Waals surface area (Å²) in [5, 5.41) is 10.2. The van der Waals surface area contributed by atoms with Crippen LogP contribution in [0.25, 0.3) is 11.3 Å². The van der Waals surface area contributed by atoms with Crippen LogP contribution < -0.4 is 9.47 Å². The first-order valence-corrected chi connectivity index (χ1v) is 7.13. The van der Waals surface area contributed by atoms with Crippen molar-refractivity contribution in [3.63, 3.8) is 0 Å². The van der Waals surface area contributed by atoms with Crippen LogP contribution in [0.1, 0.15) is 28.0 Å². The van der Waals surface area contributed by atoms with Crippen LogP contribution in [-0.4, -0.2) is 22.9 Å². The molecule has 20 heavy (non-hydrogen) atoms. The highest BCUT2D eigenvalue weighted by Crippen LogP contribution is 2.37. The van der Waals surface area contributed by atoms with E-state index in [1.54, 1.807) is 12.1 Å². The summed E-state index contributed by atoms with van der Waals surface area (Å²) in [6.07, 6.45) is 1.72. The molecule has 0 saturated carbocycles. The van der Waals surface area contributed by atoms with Gasteiger partial charge in [-0.25, -0.2) is 9.78 Å². The van der Waals surface area contributed by atoms with E-state index in [1.165, 1.54) is 11.3 Å². The number of thiazole rings is 1. The normalized spacial score (nSPS) is 12.7. The maximum atomic E-state index is 11.4. The summed E-state index contributed by atoms with van der Waals surface area (Å²) in [6, 6.07) is 5.37. The van der Waals surface area contributed by atoms with E-state index < -0.39 is 5.97 Å². The van der Waals surface area contributed by atoms with E-state index >= 15 is 0 Å². The van der Waals surface area contributed by atoms with Gasteiger partial charge in [-0.2, -0.15) is 0 Å². The molecule has 3 rings (SSSR count). The van der Waals surface area contributed by atoms with Crippen LogP contribution in [0.3, 0.4) is 0 Å². The Balaban J connectivity index is 2.06. The lowest BCUT2D eigenvalue weighted by molar-refractivity contribution is 0.0702. The third-order valence-electron chi connectivity index (χ3n) is 2.98. The van der Waals surface area contributed by atoms with Crippen LogP contribution >= 0.6 is 11.3 Å². The molecule has 1 N–H and O–H groups in total. The smallest absolute Gasteiger partial charge is 0.348 e. The van der Waals surface area contributed by atoms with Gasteiger partial charge in [0.25, 0.3) is 0 Å². The van der Waals surface area contributed by atoms with Crippen LogP contribution in [0.5, 0.6) is 11.5 Å². The zero-order valence-corrected chi connectivity index (χ0v) is 11.7. The summed E-state index contributed by atoms with van der Waals surface area (Å²) in [5.41, 5.74) is 1.24. The SMILES string of the molecule is CCCc1nc(-c2ccc3c(c2)OCO3)c(C(=O)O)s1. The summed E-state index contributed by atoms with van der Waals surface area (Å²) in [7, 11) is 0. The molecule has 0 atom stereocenters. The molecule has 2 aromatic rings. The number of hydrogen-bond donors (Lipinski definition) is 1. The zero-order chi connectivity index (χ0) is 14.1. The molecule has 2 heterocycles. The Hall–Kier alpha value is -2.08. The van der Waals surface area contributed by atoms with Crippen LogP contribution in [0.15, 0.2) is 18.2 Å². The first kappa shape index (κ1) is 12.9. The van der Waals surface area contributed by atoms with Crippen LogP contribution in [0.2, 0.25) is 0 Å². The maximum absolute atomic E-state index is 11.4. The van der Waals surface area contributed by atoms with Gasteiger partial charge in [-0.05, 0) is 31.0 Å². The van der Waals surface area contributed by atoms with E-state index in [1.807, 2.05) is 13.0 Å². The van der Waals surface area contributed by atoms with Gasteiger partial charge in [0.15, 0.2) is 11.5 Å². The third kappa shape index (κ3) is 2.22. The van der Waals surface area contributed by atoms with Gasteiger partial charge in [0.1, 0.15) is 4.88 Å². The van der Waals surface area contributed by atoms with Gasteiger partial charge in [0.2, 0.25) is 6.79 Å². The van der Waals surface area contributed by atoms with Crippen molar-refractivity contribution in [2.75, 3.05) is 6.79 Å². The molecule has 0 saturated heterocycles. The number of hydrogen-bond acceptors (Lipinski definition) is 5. The van der Waals surface area contributed by atoms with E-state index in [9.17, 15) is 9.90 Å². The predicted molar refractivity (Wildman–Crippen MR) is 74.6 cm³/mol. The molecule has 104 valence electrons. The molecule has 0 fully saturated rings. The first-order valence-electron chi connectivity index (χ1n) is 6.32. The molecular formula is C14H13NO4S. The molecule has 0 unspecified atom stereocenters. The minimum Gasteiger partial charge on any atom is -0.477 e. The van der Waals surface area contributed by atoms with Crippen molar-refractivity contribution >= 4 is 17.3 Å². The lowest BCUT2D eigenvalue weighted by Crippen LogP contribution is -1.95. The quantitative estimate of drug-likeness (QED) is 0.937. The van der Waals surface area contributed by atoms with Crippen molar-refractivity contribution in [1.82, 2.24) is 4.98 Å². The van der Waals surface area contributed by atoms with Crippen LogP contribution in [-0.2, 0) is 6.42 Å². The van der Waals surface area contributed by atoms with Gasteiger partial charge in [-0.15, -0.1) is 11.3 Å². The second-order valence-corrected chi connectivity index (χ2v) is 5.49. The molecule has 1 aliphatic rings. The van der Waals surface area contributed by atoms with Crippen molar-refractivity contribution < 1.29 is 19.4 Å². The maximum Gasteiger partial charge on any atom is 0.348 e. The molecule has 0 aliphatic carbocycles. The fourth-order valence-corrected chi connectivity index (χ4v) is 3.10.